The highest BCUT2D eigenvalue weighted by molar-refractivity contribution is 8.15. The Bertz CT molecular complexity index is 846. The molecule has 1 saturated heterocycles. The molecule has 300 valence electrons. The van der Waals surface area contributed by atoms with Crippen LogP contribution in [0.5, 0.6) is 5.75 Å². The number of nitrogens with zero attached hydrogens (tertiary/aromatic N) is 1. The smallest absolute Gasteiger partial charge is 0.286 e. The van der Waals surface area contributed by atoms with E-state index in [4.69, 9.17) is 4.74 Å². The monoisotopic (exact) mass is 535 g/mol. The molecule has 1 aliphatic rings. The highest BCUT2D eigenvalue weighted by Crippen LogP contribution is 2.23. The second-order valence-electron chi connectivity index (χ2n) is 6.24. The van der Waals surface area contributed by atoms with Crippen molar-refractivity contribution in [3.8, 4) is 5.75 Å². The zero-order chi connectivity index (χ0) is 18.4. The third-order valence-corrected chi connectivity index (χ3v) is 5.14. The first-order valence-electron chi connectivity index (χ1n) is 8.81. The van der Waals surface area contributed by atoms with Crippen molar-refractivity contribution in [1.82, 2.24) is 10.3 Å². The van der Waals surface area contributed by atoms with Crippen molar-refractivity contribution in [2.75, 3.05) is 6.61 Å². The minimum absolute atomic E-state index is 0. The number of thioether (sulfide) groups is 1. The molecule has 2 amide bonds. The van der Waals surface area contributed by atoms with Crippen molar-refractivity contribution in [2.24, 2.45) is 0 Å². The van der Waals surface area contributed by atoms with Crippen LogP contribution >= 0.6 is 11.8 Å². The topological polar surface area (TPSA) is 68.3 Å². The van der Waals surface area contributed by atoms with Crippen molar-refractivity contribution in [3.63, 3.8) is 0 Å². The van der Waals surface area contributed by atoms with Gasteiger partial charge in [0.1, 0.15) is 5.75 Å². The van der Waals surface area contributed by atoms with E-state index < -0.39 is 0 Å². The average molecular weight is 536 g/mol. The Morgan fingerprint density at radius 3 is 2.50 bits per heavy atom. The van der Waals surface area contributed by atoms with Crippen LogP contribution in [0.25, 0.3) is 0 Å². The molecule has 0 aliphatic carbocycles. The van der Waals surface area contributed by atoms with Crippen LogP contribution in [0, 0.1) is 0 Å². The molecule has 1 aliphatic heterocycles. The summed E-state index contributed by atoms with van der Waals surface area (Å²) in [6, 6.07) is 11.8. The number of rotatable bonds is 8. The number of imide groups is 1. The first-order valence-corrected chi connectivity index (χ1v) is 9.69. The summed E-state index contributed by atoms with van der Waals surface area (Å²) in [5.74, 6) is 0.578. The van der Waals surface area contributed by atoms with Gasteiger partial charge >= 0.3 is 0 Å². The van der Waals surface area contributed by atoms with Gasteiger partial charge in [-0.3, -0.25) is 19.9 Å². The Kier molecular flexibility index (Phi) is 6.28. The third-order valence-electron chi connectivity index (χ3n) is 4.16. The van der Waals surface area contributed by atoms with Gasteiger partial charge in [-0.2, -0.15) is 0 Å². The van der Waals surface area contributed by atoms with Gasteiger partial charge in [0, 0.05) is 135 Å². The Labute approximate surface area is 279 Å². The van der Waals surface area contributed by atoms with Crippen molar-refractivity contribution in [1.29, 1.82) is 0 Å². The zero-order valence-corrected chi connectivity index (χ0v) is 15.6. The van der Waals surface area contributed by atoms with Gasteiger partial charge in [0.05, 0.1) is 11.9 Å². The summed E-state index contributed by atoms with van der Waals surface area (Å²) in [7, 11) is 0. The van der Waals surface area contributed by atoms with Crippen LogP contribution in [0.2, 0.25) is 0 Å². The van der Waals surface area contributed by atoms with Crippen LogP contribution in [0.4, 0.5) is 4.79 Å². The SMILES string of the molecule is CCCc1ccc(CCOc2ccc(CC3SC(=O)NC3=O)cc2)nc1.[HH].[HH].[HH].[HH].[HH].[HH].[HH].[HH].[HH].[HH].[HH].[HH].[HH].[HH].[HH].[HH].[HH].[HH].[HH].[HH].[HH].[HH].[HH].[HH].[HH].[HH].[HH].[HH].[HH].[HH].[HH].[HH].[HH].[HH].[HH].[HH].[HH].[HH].[HH].[HH].[HH].[HH].[HH].[HH].[HH].[HH].[HH].[HH].[HH].[HH].[HH].[HH].[HH].[HH].[HH].[HH].[HH].[HH].[HH].[HH].[HH].[HH].[HH].[HH].[HH].[HH].[HH].[HH].[HH].[HH].[HH].[HH].[HH].[HH].[HH].[HH].[HH].[HH].[HH].[HH].[HH].[HH]. The summed E-state index contributed by atoms with van der Waals surface area (Å²) in [6.07, 6.45) is 5.42. The normalized spacial score (nSPS) is 16.6. The molecule has 0 bridgehead atoms. The molecule has 0 saturated carbocycles. The molecule has 1 aromatic heterocycles. The van der Waals surface area contributed by atoms with Gasteiger partial charge in [-0.05, 0) is 42.2 Å². The number of hydrogen-bond acceptors (Lipinski definition) is 5. The summed E-state index contributed by atoms with van der Waals surface area (Å²) in [6.45, 7) is 2.72. The Morgan fingerprint density at radius 1 is 1.12 bits per heavy atom. The van der Waals surface area contributed by atoms with Crippen molar-refractivity contribution in [2.45, 2.75) is 37.9 Å². The lowest BCUT2D eigenvalue weighted by Crippen LogP contribution is -2.25. The molecule has 26 heavy (non-hydrogen) atoms. The van der Waals surface area contributed by atoms with E-state index in [1.807, 2.05) is 30.5 Å². The van der Waals surface area contributed by atoms with Gasteiger partial charge in [-0.1, -0.05) is 43.3 Å². The van der Waals surface area contributed by atoms with E-state index in [2.05, 4.69) is 29.4 Å². The van der Waals surface area contributed by atoms with Gasteiger partial charge in [-0.15, -0.1) is 0 Å². The van der Waals surface area contributed by atoms with Gasteiger partial charge in [0.15, 0.2) is 0 Å². The molecule has 0 radical (unpaired) electrons. The summed E-state index contributed by atoms with van der Waals surface area (Å²) < 4.78 is 5.77. The maximum atomic E-state index is 11.6. The van der Waals surface area contributed by atoms with Crippen molar-refractivity contribution in [3.05, 3.63) is 59.4 Å². The fraction of sp³-hybridized carbons (Fsp3) is 0.350. The lowest BCUT2D eigenvalue weighted by molar-refractivity contribution is -0.118. The maximum Gasteiger partial charge on any atom is 0.286 e. The van der Waals surface area contributed by atoms with Gasteiger partial charge in [-0.25, -0.2) is 0 Å². The first kappa shape index (κ1) is 18.5. The molecule has 1 N–H and O–H groups in total. The first-order chi connectivity index (χ1) is 12.6. The van der Waals surface area contributed by atoms with Crippen LogP contribution in [-0.4, -0.2) is 28.0 Å². The molecule has 2 heterocycles. The Balaban J connectivity index is -0.00000000123. The standard InChI is InChI=1S/C20H22N2O3S.82H2/c1-2-3-15-4-7-16(21-13-15)10-11-25-17-8-5-14(6-9-17)12-18-19(23)22-20(24)26-18;;;;;;;;;;;;;;;;;;;;;;;;;;;;;;;;;;;;;;;;;;;;;;;;;;;;;;;;;;;;;;;;;;;;;;;;;;;;;;;;;;/h4-9,13,18H,2-3,10-12H2,1H3,(H,22,23,24);82*1H. The summed E-state index contributed by atoms with van der Waals surface area (Å²) in [5, 5.41) is 1.70. The molecule has 1 unspecified atom stereocenters. The van der Waals surface area contributed by atoms with E-state index in [-0.39, 0.29) is 133 Å². The fourth-order valence-corrected chi connectivity index (χ4v) is 3.64. The molecule has 5 nitrogen and oxygen atoms in total. The fourth-order valence-electron chi connectivity index (χ4n) is 2.78. The predicted molar refractivity (Wildman–Crippen MR) is 276 cm³/mol. The third kappa shape index (κ3) is 5.08. The molecular weight excluding hydrogens is 348 g/mol. The molecule has 6 heteroatoms. The van der Waals surface area contributed by atoms with Gasteiger partial charge < -0.3 is 4.74 Å². The zero-order valence-electron chi connectivity index (χ0n) is 14.7. The predicted octanol–water partition coefficient (Wildman–Crippen LogP) is 23.7. The molecule has 1 atom stereocenters. The number of nitrogens with one attached hydrogen (secondary N) is 1. The molecule has 1 fully saturated rings. The highest BCUT2D eigenvalue weighted by Gasteiger charge is 2.31. The second-order valence-corrected chi connectivity index (χ2v) is 7.41. The number of carbonyl (C=O) groups is 2. The summed E-state index contributed by atoms with van der Waals surface area (Å²) >= 11 is 1.05. The van der Waals surface area contributed by atoms with Crippen LogP contribution in [-0.2, 0) is 24.1 Å². The highest BCUT2D eigenvalue weighted by atomic mass is 32.2. The lowest BCUT2D eigenvalue weighted by Gasteiger charge is -2.09. The summed E-state index contributed by atoms with van der Waals surface area (Å²) in [5.41, 5.74) is 3.30. The van der Waals surface area contributed by atoms with Gasteiger partial charge in [0.2, 0.25) is 5.91 Å². The number of ether oxygens (including phenoxy) is 1. The average Bonchev–Trinajstić information content (AvgIpc) is 2.95. The van der Waals surface area contributed by atoms with Crippen LogP contribution < -0.4 is 10.1 Å². The number of benzene rings is 1. The number of carbonyl (C=O) groups excluding carboxylic acids is 2. The van der Waals surface area contributed by atoms with Crippen LogP contribution in [0.3, 0.4) is 0 Å². The largest absolute Gasteiger partial charge is 0.493 e. The van der Waals surface area contributed by atoms with Crippen LogP contribution in [0.15, 0.2) is 42.6 Å². The lowest BCUT2D eigenvalue weighted by atomic mass is 10.1. The van der Waals surface area contributed by atoms with E-state index in [9.17, 15) is 9.59 Å². The number of pyridine rings is 1. The number of aryl methyl sites for hydroxylation is 1. The number of hydrogen-bond donors (Lipinski definition) is 1. The summed E-state index contributed by atoms with van der Waals surface area (Å²) in [4.78, 5) is 27.3. The Hall–Kier alpha value is -2.34. The van der Waals surface area contributed by atoms with Gasteiger partial charge in [0.25, 0.3) is 5.24 Å². The number of amides is 2. The molecule has 2 aromatic rings. The molecule has 3 rings (SSSR count). The number of aromatic nitrogens is 1. The minimum atomic E-state index is -0.337. The second kappa shape index (κ2) is 8.85. The molecule has 0 spiro atoms. The van der Waals surface area contributed by atoms with E-state index in [0.717, 1.165) is 48.0 Å². The Morgan fingerprint density at radius 2 is 1.88 bits per heavy atom. The van der Waals surface area contributed by atoms with E-state index in [0.29, 0.717) is 13.0 Å². The van der Waals surface area contributed by atoms with Crippen molar-refractivity contribution < 1.29 is 131 Å². The maximum absolute atomic E-state index is 11.6. The van der Waals surface area contributed by atoms with Crippen molar-refractivity contribution >= 4 is 22.9 Å². The van der Waals surface area contributed by atoms with E-state index in [1.54, 1.807) is 0 Å². The molecule has 1 aromatic carbocycles. The molecular formula is C20H186N2O3S. The quantitative estimate of drug-likeness (QED) is 0.364. The van der Waals surface area contributed by atoms with E-state index >= 15 is 0 Å². The minimum Gasteiger partial charge on any atom is -0.493 e. The van der Waals surface area contributed by atoms with Crippen LogP contribution in [0.1, 0.15) is 147 Å². The van der Waals surface area contributed by atoms with E-state index in [1.165, 1.54) is 5.56 Å².